The van der Waals surface area contributed by atoms with E-state index >= 15 is 0 Å². The predicted octanol–water partition coefficient (Wildman–Crippen LogP) is 2.55. The Morgan fingerprint density at radius 2 is 2.00 bits per heavy atom. The van der Waals surface area contributed by atoms with Crippen molar-refractivity contribution < 1.29 is 24.2 Å². The normalized spacial score (nSPS) is 31.6. The standard InChI is InChI=1S/C22H26O5/c1-22-11-10-16-15-5-3-14(27-21(26)9-8-20(24)25)12-13(15)2-4-17(16)18(22)6-7-19(22)23/h3,5,12,16-18H,2,4,6-11H2,1H3,(H,24,25)/p-1/t16-,17-,18+,22+/m1/s1. The van der Waals surface area contributed by atoms with Crippen molar-refractivity contribution in [2.24, 2.45) is 17.3 Å². The first-order valence-electron chi connectivity index (χ1n) is 9.95. The maximum absolute atomic E-state index is 12.4. The molecule has 0 heterocycles. The molecule has 5 nitrogen and oxygen atoms in total. The van der Waals surface area contributed by atoms with Gasteiger partial charge in [0.15, 0.2) is 0 Å². The molecular weight excluding hydrogens is 344 g/mol. The molecule has 1 aromatic carbocycles. The van der Waals surface area contributed by atoms with E-state index in [1.807, 2.05) is 12.1 Å². The minimum absolute atomic E-state index is 0.118. The zero-order chi connectivity index (χ0) is 19.2. The molecule has 2 fully saturated rings. The Morgan fingerprint density at radius 3 is 2.78 bits per heavy atom. The summed E-state index contributed by atoms with van der Waals surface area (Å²) >= 11 is 0. The van der Waals surface area contributed by atoms with E-state index in [1.54, 1.807) is 0 Å². The van der Waals surface area contributed by atoms with E-state index in [1.165, 1.54) is 11.1 Å². The fraction of sp³-hybridized carbons (Fsp3) is 0.591. The molecule has 3 aliphatic carbocycles. The second kappa shape index (κ2) is 6.77. The molecule has 0 saturated heterocycles. The second-order valence-corrected chi connectivity index (χ2v) is 8.54. The van der Waals surface area contributed by atoms with Gasteiger partial charge in [0.25, 0.3) is 0 Å². The number of benzene rings is 1. The Morgan fingerprint density at radius 1 is 1.19 bits per heavy atom. The topological polar surface area (TPSA) is 83.5 Å². The van der Waals surface area contributed by atoms with Crippen molar-refractivity contribution in [2.45, 2.75) is 64.2 Å². The van der Waals surface area contributed by atoms with Crippen molar-refractivity contribution >= 4 is 17.7 Å². The zero-order valence-corrected chi connectivity index (χ0v) is 15.7. The summed E-state index contributed by atoms with van der Waals surface area (Å²) in [6, 6.07) is 5.80. The summed E-state index contributed by atoms with van der Waals surface area (Å²) in [7, 11) is 0. The van der Waals surface area contributed by atoms with E-state index in [4.69, 9.17) is 4.74 Å². The number of hydrogen-bond acceptors (Lipinski definition) is 5. The molecule has 144 valence electrons. The van der Waals surface area contributed by atoms with Gasteiger partial charge in [0.05, 0.1) is 6.42 Å². The molecule has 4 rings (SSSR count). The Kier molecular flexibility index (Phi) is 4.57. The van der Waals surface area contributed by atoms with Gasteiger partial charge in [-0.3, -0.25) is 9.59 Å². The van der Waals surface area contributed by atoms with E-state index in [9.17, 15) is 19.5 Å². The van der Waals surface area contributed by atoms with Gasteiger partial charge in [-0.05, 0) is 79.5 Å². The fourth-order valence-corrected chi connectivity index (χ4v) is 5.78. The quantitative estimate of drug-likeness (QED) is 0.602. The molecule has 0 spiro atoms. The molecule has 0 N–H and O–H groups in total. The molecule has 0 aliphatic heterocycles. The van der Waals surface area contributed by atoms with Crippen molar-refractivity contribution in [2.75, 3.05) is 0 Å². The number of hydrogen-bond donors (Lipinski definition) is 0. The SMILES string of the molecule is C[C@]12CC[C@@H]3c4ccc(OC(=O)CCC(=O)[O-])cc4CC[C@H]3[C@@H]1CCC2=O. The number of carboxylic acid groups (broad SMARTS) is 1. The summed E-state index contributed by atoms with van der Waals surface area (Å²) in [4.78, 5) is 34.6. The highest BCUT2D eigenvalue weighted by molar-refractivity contribution is 5.87. The van der Waals surface area contributed by atoms with Crippen molar-refractivity contribution in [3.8, 4) is 5.75 Å². The number of carbonyl (C=O) groups is 3. The van der Waals surface area contributed by atoms with Gasteiger partial charge in [0, 0.05) is 17.8 Å². The molecule has 3 aliphatic rings. The molecule has 1 aromatic rings. The number of carboxylic acids is 1. The van der Waals surface area contributed by atoms with Crippen LogP contribution in [0.15, 0.2) is 18.2 Å². The summed E-state index contributed by atoms with van der Waals surface area (Å²) in [5, 5.41) is 10.5. The van der Waals surface area contributed by atoms with Crippen LogP contribution in [0.3, 0.4) is 0 Å². The Labute approximate surface area is 159 Å². The number of carbonyl (C=O) groups excluding carboxylic acids is 3. The van der Waals surface area contributed by atoms with Crippen LogP contribution < -0.4 is 9.84 Å². The van der Waals surface area contributed by atoms with E-state index in [0.29, 0.717) is 29.3 Å². The lowest BCUT2D eigenvalue weighted by molar-refractivity contribution is -0.305. The largest absolute Gasteiger partial charge is 0.550 e. The smallest absolute Gasteiger partial charge is 0.311 e. The van der Waals surface area contributed by atoms with Crippen molar-refractivity contribution in [3.05, 3.63) is 29.3 Å². The highest BCUT2D eigenvalue weighted by Gasteiger charge is 2.54. The first-order valence-corrected chi connectivity index (χ1v) is 9.95. The summed E-state index contributed by atoms with van der Waals surface area (Å²) in [6.07, 6.45) is 5.27. The number of rotatable bonds is 4. The summed E-state index contributed by atoms with van der Waals surface area (Å²) < 4.78 is 5.29. The number of aryl methyl sites for hydroxylation is 1. The lowest BCUT2D eigenvalue weighted by Gasteiger charge is -2.48. The van der Waals surface area contributed by atoms with Crippen LogP contribution in [0.2, 0.25) is 0 Å². The van der Waals surface area contributed by atoms with Gasteiger partial charge in [-0.15, -0.1) is 0 Å². The molecular formula is C22H25O5-. The average molecular weight is 369 g/mol. The maximum Gasteiger partial charge on any atom is 0.311 e. The average Bonchev–Trinajstić information content (AvgIpc) is 2.94. The van der Waals surface area contributed by atoms with Crippen LogP contribution >= 0.6 is 0 Å². The van der Waals surface area contributed by atoms with Crippen molar-refractivity contribution in [1.29, 1.82) is 0 Å². The van der Waals surface area contributed by atoms with Crippen LogP contribution in [-0.4, -0.2) is 17.7 Å². The van der Waals surface area contributed by atoms with Crippen LogP contribution in [0.5, 0.6) is 5.75 Å². The van der Waals surface area contributed by atoms with Crippen LogP contribution in [0.1, 0.15) is 68.9 Å². The Hall–Kier alpha value is -2.17. The molecule has 0 bridgehead atoms. The minimum Gasteiger partial charge on any atom is -0.550 e. The minimum atomic E-state index is -1.25. The van der Waals surface area contributed by atoms with Gasteiger partial charge < -0.3 is 14.6 Å². The highest BCUT2D eigenvalue weighted by Crippen LogP contribution is 2.59. The summed E-state index contributed by atoms with van der Waals surface area (Å²) in [5.74, 6) is 0.686. The van der Waals surface area contributed by atoms with Crippen molar-refractivity contribution in [3.63, 3.8) is 0 Å². The third kappa shape index (κ3) is 3.17. The molecule has 2 saturated carbocycles. The summed E-state index contributed by atoms with van der Waals surface area (Å²) in [5.41, 5.74) is 2.43. The van der Waals surface area contributed by atoms with E-state index in [-0.39, 0.29) is 18.3 Å². The van der Waals surface area contributed by atoms with E-state index < -0.39 is 11.9 Å². The monoisotopic (exact) mass is 369 g/mol. The molecule has 0 radical (unpaired) electrons. The number of aliphatic carboxylic acids is 1. The van der Waals surface area contributed by atoms with Gasteiger partial charge in [0.1, 0.15) is 11.5 Å². The lowest BCUT2D eigenvalue weighted by atomic mass is 9.55. The first-order chi connectivity index (χ1) is 12.9. The van der Waals surface area contributed by atoms with Gasteiger partial charge in [-0.1, -0.05) is 13.0 Å². The Bertz CT molecular complexity index is 798. The Balaban J connectivity index is 1.50. The van der Waals surface area contributed by atoms with Gasteiger partial charge in [-0.2, -0.15) is 0 Å². The summed E-state index contributed by atoms with van der Waals surface area (Å²) in [6.45, 7) is 2.17. The third-order valence-electron chi connectivity index (χ3n) is 7.17. The molecule has 0 amide bonds. The number of ether oxygens (including phenoxy) is 1. The number of esters is 1. The van der Waals surface area contributed by atoms with Gasteiger partial charge in [0.2, 0.25) is 0 Å². The fourth-order valence-electron chi connectivity index (χ4n) is 5.78. The second-order valence-electron chi connectivity index (χ2n) is 8.54. The predicted molar refractivity (Wildman–Crippen MR) is 95.9 cm³/mol. The van der Waals surface area contributed by atoms with Crippen LogP contribution in [-0.2, 0) is 20.8 Å². The van der Waals surface area contributed by atoms with Gasteiger partial charge in [-0.25, -0.2) is 0 Å². The van der Waals surface area contributed by atoms with E-state index in [0.717, 1.165) is 38.5 Å². The number of fused-ring (bicyclic) bond motifs is 5. The van der Waals surface area contributed by atoms with Crippen molar-refractivity contribution in [1.82, 2.24) is 0 Å². The lowest BCUT2D eigenvalue weighted by Crippen LogP contribution is -2.42. The van der Waals surface area contributed by atoms with Crippen LogP contribution in [0.4, 0.5) is 0 Å². The molecule has 4 atom stereocenters. The molecule has 0 unspecified atom stereocenters. The van der Waals surface area contributed by atoms with E-state index in [2.05, 4.69) is 13.0 Å². The third-order valence-corrected chi connectivity index (χ3v) is 7.17. The molecule has 27 heavy (non-hydrogen) atoms. The van der Waals surface area contributed by atoms with Crippen LogP contribution in [0, 0.1) is 17.3 Å². The first kappa shape index (κ1) is 18.2. The molecule has 0 aromatic heterocycles. The molecule has 5 heteroatoms. The maximum atomic E-state index is 12.4. The van der Waals surface area contributed by atoms with Gasteiger partial charge >= 0.3 is 5.97 Å². The highest BCUT2D eigenvalue weighted by atomic mass is 16.5. The number of Topliss-reactive ketones (excluding diaryl/α,β-unsaturated/α-hetero) is 1. The van der Waals surface area contributed by atoms with Crippen LogP contribution in [0.25, 0.3) is 0 Å². The number of ketones is 1. The zero-order valence-electron chi connectivity index (χ0n) is 15.7.